The molecule has 0 radical (unpaired) electrons. The zero-order chi connectivity index (χ0) is 18.1. The summed E-state index contributed by atoms with van der Waals surface area (Å²) in [5.41, 5.74) is 2.00. The van der Waals surface area contributed by atoms with E-state index in [1.54, 1.807) is 30.3 Å². The molecule has 2 aromatic rings. The molecule has 0 spiro atoms. The van der Waals surface area contributed by atoms with E-state index in [1.807, 2.05) is 37.3 Å². The van der Waals surface area contributed by atoms with Gasteiger partial charge >= 0.3 is 5.97 Å². The van der Waals surface area contributed by atoms with Crippen LogP contribution in [-0.4, -0.2) is 18.5 Å². The van der Waals surface area contributed by atoms with Crippen molar-refractivity contribution in [1.29, 1.82) is 0 Å². The number of anilines is 1. The summed E-state index contributed by atoms with van der Waals surface area (Å²) in [5, 5.41) is 2.77. The number of carbonyl (C=O) groups is 2. The molecule has 0 heterocycles. The minimum Gasteiger partial charge on any atom is -0.462 e. The van der Waals surface area contributed by atoms with Crippen molar-refractivity contribution in [3.63, 3.8) is 0 Å². The molecule has 0 aliphatic heterocycles. The van der Waals surface area contributed by atoms with Crippen LogP contribution in [0, 0.1) is 0 Å². The Morgan fingerprint density at radius 3 is 2.40 bits per heavy atom. The Balaban J connectivity index is 1.95. The Hall–Kier alpha value is -2.40. The van der Waals surface area contributed by atoms with Crippen LogP contribution < -0.4 is 5.32 Å². The molecule has 0 saturated carbocycles. The van der Waals surface area contributed by atoms with Crippen LogP contribution in [0.25, 0.3) is 6.08 Å². The number of unbranched alkanes of at least 4 members (excludes halogenated alkanes) is 1. The highest BCUT2D eigenvalue weighted by molar-refractivity contribution is 9.12. The Morgan fingerprint density at radius 1 is 1.08 bits per heavy atom. The topological polar surface area (TPSA) is 55.4 Å². The minimum atomic E-state index is -0.350. The van der Waals surface area contributed by atoms with Gasteiger partial charge in [0.2, 0.25) is 0 Å². The summed E-state index contributed by atoms with van der Waals surface area (Å²) in [6.07, 6.45) is 3.57. The number of rotatable bonds is 7. The first kappa shape index (κ1) is 18.9. The summed E-state index contributed by atoms with van der Waals surface area (Å²) in [7, 11) is 0. The molecule has 0 aromatic heterocycles. The third-order valence-electron chi connectivity index (χ3n) is 3.42. The average molecular weight is 402 g/mol. The molecular formula is C20H20BrNO3. The molecular weight excluding hydrogens is 382 g/mol. The predicted octanol–water partition coefficient (Wildman–Crippen LogP) is 5.02. The molecule has 1 amide bonds. The lowest BCUT2D eigenvalue weighted by Crippen LogP contribution is -2.11. The van der Waals surface area contributed by atoms with E-state index in [-0.39, 0.29) is 11.9 Å². The number of ether oxygens (including phenoxy) is 1. The van der Waals surface area contributed by atoms with Crippen molar-refractivity contribution < 1.29 is 14.3 Å². The van der Waals surface area contributed by atoms with Gasteiger partial charge in [-0.25, -0.2) is 4.79 Å². The molecule has 25 heavy (non-hydrogen) atoms. The summed E-state index contributed by atoms with van der Waals surface area (Å²) in [6, 6.07) is 16.2. The number of halogens is 1. The Bertz CT molecular complexity index is 739. The third kappa shape index (κ3) is 6.19. The minimum absolute atomic E-state index is 0.262. The van der Waals surface area contributed by atoms with E-state index in [0.717, 1.165) is 18.4 Å². The molecule has 0 aliphatic carbocycles. The molecule has 0 atom stereocenters. The van der Waals surface area contributed by atoms with Crippen LogP contribution in [0.15, 0.2) is 59.1 Å². The van der Waals surface area contributed by atoms with Gasteiger partial charge in [0, 0.05) is 5.69 Å². The van der Waals surface area contributed by atoms with Crippen molar-refractivity contribution in [2.24, 2.45) is 0 Å². The maximum absolute atomic E-state index is 12.2. The number of benzene rings is 2. The highest BCUT2D eigenvalue weighted by atomic mass is 79.9. The van der Waals surface area contributed by atoms with Crippen LogP contribution >= 0.6 is 15.9 Å². The lowest BCUT2D eigenvalue weighted by molar-refractivity contribution is -0.112. The van der Waals surface area contributed by atoms with Gasteiger partial charge in [-0.1, -0.05) is 43.7 Å². The first-order chi connectivity index (χ1) is 12.1. The summed E-state index contributed by atoms with van der Waals surface area (Å²) in [4.78, 5) is 24.0. The molecule has 0 fully saturated rings. The van der Waals surface area contributed by atoms with Crippen molar-refractivity contribution in [3.8, 4) is 0 Å². The van der Waals surface area contributed by atoms with Crippen molar-refractivity contribution in [2.45, 2.75) is 19.8 Å². The number of hydrogen-bond acceptors (Lipinski definition) is 3. The van der Waals surface area contributed by atoms with Crippen molar-refractivity contribution in [2.75, 3.05) is 11.9 Å². The second-order valence-electron chi connectivity index (χ2n) is 5.42. The van der Waals surface area contributed by atoms with Gasteiger partial charge in [0.25, 0.3) is 5.91 Å². The quantitative estimate of drug-likeness (QED) is 0.402. The normalized spacial score (nSPS) is 11.0. The van der Waals surface area contributed by atoms with Crippen molar-refractivity contribution in [1.82, 2.24) is 0 Å². The third-order valence-corrected chi connectivity index (χ3v) is 4.01. The molecule has 2 aromatic carbocycles. The van der Waals surface area contributed by atoms with Gasteiger partial charge in [0.05, 0.1) is 16.7 Å². The molecule has 0 saturated heterocycles. The number of esters is 1. The van der Waals surface area contributed by atoms with Crippen molar-refractivity contribution in [3.05, 3.63) is 70.2 Å². The second kappa shape index (κ2) is 9.79. The van der Waals surface area contributed by atoms with E-state index in [2.05, 4.69) is 21.2 Å². The molecule has 0 unspecified atom stereocenters. The van der Waals surface area contributed by atoms with Gasteiger partial charge in [-0.05, 0) is 58.3 Å². The van der Waals surface area contributed by atoms with E-state index in [1.165, 1.54) is 0 Å². The molecule has 5 heteroatoms. The summed E-state index contributed by atoms with van der Waals surface area (Å²) >= 11 is 3.29. The molecule has 1 N–H and O–H groups in total. The predicted molar refractivity (Wildman–Crippen MR) is 104 cm³/mol. The van der Waals surface area contributed by atoms with Crippen LogP contribution in [0.5, 0.6) is 0 Å². The summed E-state index contributed by atoms with van der Waals surface area (Å²) in [6.45, 7) is 2.46. The number of hydrogen-bond donors (Lipinski definition) is 1. The van der Waals surface area contributed by atoms with E-state index in [4.69, 9.17) is 4.74 Å². The molecule has 2 rings (SSSR count). The van der Waals surface area contributed by atoms with Crippen molar-refractivity contribution >= 4 is 39.6 Å². The lowest BCUT2D eigenvalue weighted by atomic mass is 10.2. The first-order valence-electron chi connectivity index (χ1n) is 8.11. The summed E-state index contributed by atoms with van der Waals surface area (Å²) in [5.74, 6) is -0.612. The average Bonchev–Trinajstić information content (AvgIpc) is 2.63. The fourth-order valence-corrected chi connectivity index (χ4v) is 2.40. The van der Waals surface area contributed by atoms with E-state index in [0.29, 0.717) is 22.3 Å². The lowest BCUT2D eigenvalue weighted by Gasteiger charge is -2.07. The molecule has 0 aliphatic rings. The molecule has 4 nitrogen and oxygen atoms in total. The highest BCUT2D eigenvalue weighted by Crippen LogP contribution is 2.16. The number of nitrogens with one attached hydrogen (secondary N) is 1. The van der Waals surface area contributed by atoms with E-state index >= 15 is 0 Å². The van der Waals surface area contributed by atoms with Crippen LogP contribution in [0.2, 0.25) is 0 Å². The molecule has 0 bridgehead atoms. The monoisotopic (exact) mass is 401 g/mol. The van der Waals surface area contributed by atoms with E-state index in [9.17, 15) is 9.59 Å². The largest absolute Gasteiger partial charge is 0.462 e. The zero-order valence-corrected chi connectivity index (χ0v) is 15.6. The SMILES string of the molecule is CCCCOC(=O)c1ccc(NC(=O)/C(Br)=C/c2ccccc2)cc1. The van der Waals surface area contributed by atoms with Gasteiger partial charge in [0.1, 0.15) is 0 Å². The highest BCUT2D eigenvalue weighted by Gasteiger charge is 2.09. The van der Waals surface area contributed by atoms with E-state index < -0.39 is 0 Å². The van der Waals surface area contributed by atoms with Crippen LogP contribution in [-0.2, 0) is 9.53 Å². The van der Waals surface area contributed by atoms with Gasteiger partial charge in [0.15, 0.2) is 0 Å². The summed E-state index contributed by atoms with van der Waals surface area (Å²) < 4.78 is 5.57. The van der Waals surface area contributed by atoms with Crippen LogP contribution in [0.1, 0.15) is 35.7 Å². The second-order valence-corrected chi connectivity index (χ2v) is 6.28. The maximum atomic E-state index is 12.2. The Labute approximate surface area is 156 Å². The van der Waals surface area contributed by atoms with Gasteiger partial charge in [-0.2, -0.15) is 0 Å². The Kier molecular flexibility index (Phi) is 7.41. The standard InChI is InChI=1S/C20H20BrNO3/c1-2-3-13-25-20(24)16-9-11-17(12-10-16)22-19(23)18(21)14-15-7-5-4-6-8-15/h4-12,14H,2-3,13H2,1H3,(H,22,23)/b18-14-. The smallest absolute Gasteiger partial charge is 0.338 e. The van der Waals surface area contributed by atoms with Gasteiger partial charge < -0.3 is 10.1 Å². The first-order valence-corrected chi connectivity index (χ1v) is 8.90. The zero-order valence-electron chi connectivity index (χ0n) is 14.0. The Morgan fingerprint density at radius 2 is 1.76 bits per heavy atom. The van der Waals surface area contributed by atoms with Gasteiger partial charge in [-0.3, -0.25) is 4.79 Å². The number of carbonyl (C=O) groups excluding carboxylic acids is 2. The van der Waals surface area contributed by atoms with Crippen LogP contribution in [0.3, 0.4) is 0 Å². The van der Waals surface area contributed by atoms with Crippen LogP contribution in [0.4, 0.5) is 5.69 Å². The fraction of sp³-hybridized carbons (Fsp3) is 0.200. The number of amides is 1. The maximum Gasteiger partial charge on any atom is 0.338 e. The van der Waals surface area contributed by atoms with Gasteiger partial charge in [-0.15, -0.1) is 0 Å². The molecule has 130 valence electrons. The fourth-order valence-electron chi connectivity index (χ4n) is 2.03.